The molecule has 0 spiro atoms. The van der Waals surface area contributed by atoms with E-state index in [1.165, 1.54) is 6.92 Å². The smallest absolute Gasteiger partial charge is 0.226 e. The van der Waals surface area contributed by atoms with Crippen LogP contribution in [0.15, 0.2) is 54.7 Å². The molecule has 0 bridgehead atoms. The highest BCUT2D eigenvalue weighted by molar-refractivity contribution is 5.92. The molecule has 0 aliphatic carbocycles. The lowest BCUT2D eigenvalue weighted by atomic mass is 9.93. The van der Waals surface area contributed by atoms with Crippen LogP contribution >= 0.6 is 0 Å². The van der Waals surface area contributed by atoms with Crippen molar-refractivity contribution in [2.75, 3.05) is 25.6 Å². The molecule has 2 aromatic rings. The van der Waals surface area contributed by atoms with Gasteiger partial charge >= 0.3 is 0 Å². The number of fused-ring (bicyclic) bond motifs is 1. The summed E-state index contributed by atoms with van der Waals surface area (Å²) < 4.78 is 4.91. The number of hydrogen-bond acceptors (Lipinski definition) is 4. The Balaban J connectivity index is 1.60. The van der Waals surface area contributed by atoms with E-state index in [1.54, 1.807) is 30.3 Å². The van der Waals surface area contributed by atoms with Gasteiger partial charge in [0.05, 0.1) is 25.5 Å². The lowest BCUT2D eigenvalue weighted by molar-refractivity contribution is -0.129. The van der Waals surface area contributed by atoms with Crippen LogP contribution in [-0.4, -0.2) is 42.9 Å². The van der Waals surface area contributed by atoms with Crippen molar-refractivity contribution in [2.24, 2.45) is 0 Å². The fourth-order valence-corrected chi connectivity index (χ4v) is 3.55. The van der Waals surface area contributed by atoms with E-state index in [2.05, 4.69) is 10.6 Å². The molecule has 0 unspecified atom stereocenters. The van der Waals surface area contributed by atoms with Crippen LogP contribution in [0.1, 0.15) is 36.1 Å². The Kier molecular flexibility index (Phi) is 7.56. The number of benzene rings is 2. The number of hydrogen-bond donors (Lipinski definition) is 2. The molecule has 0 fully saturated rings. The van der Waals surface area contributed by atoms with Crippen LogP contribution in [0.5, 0.6) is 0 Å². The second kappa shape index (κ2) is 10.5. The number of anilines is 1. The Bertz CT molecular complexity index is 969. The number of nitrogens with one attached hydrogen (secondary N) is 2. The highest BCUT2D eigenvalue weighted by atomic mass is 16.5. The Morgan fingerprint density at radius 2 is 1.77 bits per heavy atom. The number of methoxy groups -OCH3 is 1. The standard InChI is InChI=1S/C24H27N3O4/c1-17(28)27-13-11-19-5-3-4-6-21(19)22(27)16-24(30)26-20-9-7-18(8-10-20)15-23(29)25-12-14-31-2/h3-11,13,22H,12,14-16H2,1-2H3,(H,25,29)(H,26,30)/t22-/m1/s1. The van der Waals surface area contributed by atoms with Gasteiger partial charge in [0.1, 0.15) is 0 Å². The van der Waals surface area contributed by atoms with Crippen molar-refractivity contribution in [2.45, 2.75) is 25.8 Å². The quantitative estimate of drug-likeness (QED) is 0.642. The van der Waals surface area contributed by atoms with Gasteiger partial charge in [-0.1, -0.05) is 36.4 Å². The summed E-state index contributed by atoms with van der Waals surface area (Å²) in [6, 6.07) is 14.6. The molecule has 2 N–H and O–H groups in total. The summed E-state index contributed by atoms with van der Waals surface area (Å²) in [7, 11) is 1.58. The van der Waals surface area contributed by atoms with Crippen LogP contribution in [0.4, 0.5) is 5.69 Å². The van der Waals surface area contributed by atoms with Gasteiger partial charge < -0.3 is 20.3 Å². The van der Waals surface area contributed by atoms with Crippen molar-refractivity contribution < 1.29 is 19.1 Å². The first kappa shape index (κ1) is 22.2. The van der Waals surface area contributed by atoms with Crippen LogP contribution in [0.25, 0.3) is 6.08 Å². The first-order valence-corrected chi connectivity index (χ1v) is 10.2. The van der Waals surface area contributed by atoms with E-state index < -0.39 is 0 Å². The van der Waals surface area contributed by atoms with Crippen molar-refractivity contribution >= 4 is 29.5 Å². The van der Waals surface area contributed by atoms with Gasteiger partial charge in [0, 0.05) is 32.5 Å². The minimum Gasteiger partial charge on any atom is -0.383 e. The number of carbonyl (C=O) groups is 3. The van der Waals surface area contributed by atoms with Crippen molar-refractivity contribution in [1.82, 2.24) is 10.2 Å². The third kappa shape index (κ3) is 6.02. The van der Waals surface area contributed by atoms with Crippen LogP contribution in [0.3, 0.4) is 0 Å². The van der Waals surface area contributed by atoms with E-state index in [4.69, 9.17) is 4.74 Å². The van der Waals surface area contributed by atoms with E-state index in [9.17, 15) is 14.4 Å². The van der Waals surface area contributed by atoms with Crippen molar-refractivity contribution in [1.29, 1.82) is 0 Å². The number of carbonyl (C=O) groups excluding carboxylic acids is 3. The maximum atomic E-state index is 12.7. The number of ether oxygens (including phenoxy) is 1. The Hall–Kier alpha value is -3.45. The monoisotopic (exact) mass is 421 g/mol. The van der Waals surface area contributed by atoms with Gasteiger partial charge in [0.25, 0.3) is 0 Å². The molecule has 1 aliphatic heterocycles. The number of nitrogens with zero attached hydrogens (tertiary/aromatic N) is 1. The maximum Gasteiger partial charge on any atom is 0.226 e. The first-order chi connectivity index (χ1) is 15.0. The highest BCUT2D eigenvalue weighted by Crippen LogP contribution is 2.33. The zero-order valence-electron chi connectivity index (χ0n) is 17.8. The third-order valence-corrected chi connectivity index (χ3v) is 5.08. The normalized spacial score (nSPS) is 14.6. The molecule has 1 heterocycles. The summed E-state index contributed by atoms with van der Waals surface area (Å²) in [6.07, 6.45) is 4.02. The van der Waals surface area contributed by atoms with Crippen LogP contribution in [0, 0.1) is 0 Å². The van der Waals surface area contributed by atoms with Crippen molar-refractivity contribution in [3.05, 3.63) is 71.4 Å². The molecule has 7 nitrogen and oxygen atoms in total. The van der Waals surface area contributed by atoms with Crippen LogP contribution in [0.2, 0.25) is 0 Å². The second-order valence-electron chi connectivity index (χ2n) is 7.36. The molecule has 31 heavy (non-hydrogen) atoms. The van der Waals surface area contributed by atoms with Crippen LogP contribution in [-0.2, 0) is 25.5 Å². The Morgan fingerprint density at radius 1 is 1.03 bits per heavy atom. The molecule has 0 radical (unpaired) electrons. The SMILES string of the molecule is COCCNC(=O)Cc1ccc(NC(=O)C[C@@H]2c3ccccc3C=CN2C(C)=O)cc1. The number of amides is 3. The molecule has 2 aromatic carbocycles. The van der Waals surface area contributed by atoms with E-state index in [-0.39, 0.29) is 36.6 Å². The molecule has 162 valence electrons. The molecule has 1 aliphatic rings. The minimum atomic E-state index is -0.353. The number of rotatable bonds is 8. The summed E-state index contributed by atoms with van der Waals surface area (Å²) in [4.78, 5) is 38.3. The van der Waals surface area contributed by atoms with Crippen molar-refractivity contribution in [3.63, 3.8) is 0 Å². The summed E-state index contributed by atoms with van der Waals surface area (Å²) in [5, 5.41) is 5.66. The van der Waals surface area contributed by atoms with Gasteiger partial charge in [-0.05, 0) is 34.9 Å². The second-order valence-corrected chi connectivity index (χ2v) is 7.36. The molecule has 3 amide bonds. The predicted octanol–water partition coefficient (Wildman–Crippen LogP) is 2.89. The Labute approximate surface area is 182 Å². The van der Waals surface area contributed by atoms with Crippen molar-refractivity contribution in [3.8, 4) is 0 Å². The van der Waals surface area contributed by atoms with Gasteiger partial charge in [0.2, 0.25) is 17.7 Å². The molecule has 0 saturated carbocycles. The predicted molar refractivity (Wildman–Crippen MR) is 119 cm³/mol. The summed E-state index contributed by atoms with van der Waals surface area (Å²) in [6.45, 7) is 2.44. The molecular formula is C24H27N3O4. The fraction of sp³-hybridized carbons (Fsp3) is 0.292. The van der Waals surface area contributed by atoms with Gasteiger partial charge in [-0.15, -0.1) is 0 Å². The highest BCUT2D eigenvalue weighted by Gasteiger charge is 2.28. The molecule has 0 saturated heterocycles. The van der Waals surface area contributed by atoms with E-state index in [0.717, 1.165) is 16.7 Å². The van der Waals surface area contributed by atoms with Gasteiger partial charge in [-0.25, -0.2) is 0 Å². The summed E-state index contributed by atoms with van der Waals surface area (Å²) in [5.41, 5.74) is 3.45. The average Bonchev–Trinajstić information content (AvgIpc) is 2.75. The summed E-state index contributed by atoms with van der Waals surface area (Å²) >= 11 is 0. The largest absolute Gasteiger partial charge is 0.383 e. The topological polar surface area (TPSA) is 87.7 Å². The van der Waals surface area contributed by atoms with E-state index in [0.29, 0.717) is 18.8 Å². The van der Waals surface area contributed by atoms with Gasteiger partial charge in [0.15, 0.2) is 0 Å². The molecule has 3 rings (SSSR count). The molecular weight excluding hydrogens is 394 g/mol. The van der Waals surface area contributed by atoms with Crippen LogP contribution < -0.4 is 10.6 Å². The lowest BCUT2D eigenvalue weighted by Gasteiger charge is -2.32. The van der Waals surface area contributed by atoms with Gasteiger partial charge in [-0.2, -0.15) is 0 Å². The fourth-order valence-electron chi connectivity index (χ4n) is 3.55. The molecule has 7 heteroatoms. The third-order valence-electron chi connectivity index (χ3n) is 5.08. The van der Waals surface area contributed by atoms with E-state index >= 15 is 0 Å². The first-order valence-electron chi connectivity index (χ1n) is 10.2. The molecule has 1 atom stereocenters. The van der Waals surface area contributed by atoms with Gasteiger partial charge in [-0.3, -0.25) is 14.4 Å². The average molecular weight is 421 g/mol. The zero-order valence-corrected chi connectivity index (χ0v) is 17.8. The minimum absolute atomic E-state index is 0.0813. The lowest BCUT2D eigenvalue weighted by Crippen LogP contribution is -2.33. The maximum absolute atomic E-state index is 12.7. The molecule has 0 aromatic heterocycles. The zero-order chi connectivity index (χ0) is 22.2. The Morgan fingerprint density at radius 3 is 2.48 bits per heavy atom. The van der Waals surface area contributed by atoms with E-state index in [1.807, 2.05) is 42.5 Å². The summed E-state index contributed by atoms with van der Waals surface area (Å²) in [5.74, 6) is -0.384.